The first-order valence-electron chi connectivity index (χ1n) is 14.2. The van der Waals surface area contributed by atoms with Crippen LogP contribution in [-0.4, -0.2) is 47.7 Å². The molecule has 0 aliphatic carbocycles. The van der Waals surface area contributed by atoms with Crippen molar-refractivity contribution in [1.82, 2.24) is 10.2 Å². The highest BCUT2D eigenvalue weighted by atomic mass is 35.5. The summed E-state index contributed by atoms with van der Waals surface area (Å²) in [5.41, 5.74) is 1.77. The van der Waals surface area contributed by atoms with E-state index in [0.717, 1.165) is 24.8 Å². The van der Waals surface area contributed by atoms with Crippen LogP contribution in [0.5, 0.6) is 0 Å². The molecule has 7 nitrogen and oxygen atoms in total. The van der Waals surface area contributed by atoms with Gasteiger partial charge in [0.2, 0.25) is 0 Å². The van der Waals surface area contributed by atoms with Crippen molar-refractivity contribution in [1.29, 1.82) is 0 Å². The zero-order valence-corrected chi connectivity index (χ0v) is 26.4. The van der Waals surface area contributed by atoms with E-state index in [-0.39, 0.29) is 42.2 Å². The van der Waals surface area contributed by atoms with E-state index in [1.165, 1.54) is 7.11 Å². The minimum Gasteiger partial charge on any atom is -0.469 e. The summed E-state index contributed by atoms with van der Waals surface area (Å²) in [6, 6.07) is 12.1. The number of amides is 2. The average Bonchev–Trinajstić information content (AvgIpc) is 3.19. The lowest BCUT2D eigenvalue weighted by Crippen LogP contribution is -2.47. The highest BCUT2D eigenvalue weighted by Crippen LogP contribution is 2.41. The standard InChI is InChI=1S/C32H41Cl2N3O4/c1-7-26(21-10-12-22(13-11-21)29(39)35-17-14-27(38)41-6)37-30(40)28(23-18-24(33)20-25(34)19-23)36-32(37,5)16-9-15-31(3,4)8-2/h10-13,18-20,26H,7-9,14-17H2,1-6H3,(H,35,39). The number of carbonyl (C=O) groups is 3. The number of ether oxygens (including phenoxy) is 1. The minimum atomic E-state index is -0.768. The van der Waals surface area contributed by atoms with E-state index in [9.17, 15) is 14.4 Å². The summed E-state index contributed by atoms with van der Waals surface area (Å²) in [7, 11) is 1.31. The van der Waals surface area contributed by atoms with E-state index >= 15 is 0 Å². The van der Waals surface area contributed by atoms with Crippen LogP contribution in [0.15, 0.2) is 47.5 Å². The van der Waals surface area contributed by atoms with Gasteiger partial charge in [0.05, 0.1) is 19.6 Å². The molecule has 9 heteroatoms. The number of esters is 1. The molecule has 2 aromatic carbocycles. The highest BCUT2D eigenvalue weighted by molar-refractivity contribution is 6.47. The van der Waals surface area contributed by atoms with Crippen molar-refractivity contribution in [2.45, 2.75) is 84.8 Å². The Kier molecular flexibility index (Phi) is 11.0. The van der Waals surface area contributed by atoms with Crippen molar-refractivity contribution in [2.24, 2.45) is 10.4 Å². The molecule has 0 saturated heterocycles. The number of aliphatic imine (C=N–C) groups is 1. The quantitative estimate of drug-likeness (QED) is 0.242. The molecule has 3 rings (SSSR count). The van der Waals surface area contributed by atoms with E-state index < -0.39 is 5.66 Å². The lowest BCUT2D eigenvalue weighted by molar-refractivity contribution is -0.140. The van der Waals surface area contributed by atoms with Gasteiger partial charge in [-0.2, -0.15) is 0 Å². The maximum Gasteiger partial charge on any atom is 0.307 e. The van der Waals surface area contributed by atoms with E-state index in [1.807, 2.05) is 30.9 Å². The normalized spacial score (nSPS) is 17.8. The average molecular weight is 603 g/mol. The van der Waals surface area contributed by atoms with Gasteiger partial charge >= 0.3 is 5.97 Å². The van der Waals surface area contributed by atoms with E-state index in [0.29, 0.717) is 39.7 Å². The van der Waals surface area contributed by atoms with E-state index in [2.05, 4.69) is 30.8 Å². The maximum atomic E-state index is 14.1. The SMILES string of the molecule is CCC(c1ccc(C(=O)NCCC(=O)OC)cc1)N1C(=O)C(c2cc(Cl)cc(Cl)c2)=NC1(C)CCCC(C)(C)CC. The van der Waals surface area contributed by atoms with Gasteiger partial charge in [0, 0.05) is 27.7 Å². The molecule has 2 aromatic rings. The Bertz CT molecular complexity index is 1270. The van der Waals surface area contributed by atoms with Gasteiger partial charge in [-0.15, -0.1) is 0 Å². The third-order valence-corrected chi connectivity index (χ3v) is 8.42. The number of halogens is 2. The van der Waals surface area contributed by atoms with E-state index in [1.54, 1.807) is 30.3 Å². The fourth-order valence-electron chi connectivity index (χ4n) is 5.19. The topological polar surface area (TPSA) is 88.1 Å². The summed E-state index contributed by atoms with van der Waals surface area (Å²) in [6.07, 6.45) is 4.47. The molecule has 1 aliphatic heterocycles. The minimum absolute atomic E-state index is 0.101. The van der Waals surface area contributed by atoms with Crippen LogP contribution in [0, 0.1) is 5.41 Å². The molecule has 0 aromatic heterocycles. The smallest absolute Gasteiger partial charge is 0.307 e. The number of methoxy groups -OCH3 is 1. The van der Waals surface area contributed by atoms with Gasteiger partial charge < -0.3 is 15.0 Å². The largest absolute Gasteiger partial charge is 0.469 e. The van der Waals surface area contributed by atoms with Gasteiger partial charge in [0.1, 0.15) is 11.4 Å². The van der Waals surface area contributed by atoms with Gasteiger partial charge in [0.15, 0.2) is 0 Å². The number of benzene rings is 2. The first-order valence-corrected chi connectivity index (χ1v) is 14.9. The van der Waals surface area contributed by atoms with Crippen LogP contribution in [0.4, 0.5) is 0 Å². The molecule has 0 radical (unpaired) electrons. The van der Waals surface area contributed by atoms with Gasteiger partial charge in [-0.05, 0) is 73.9 Å². The van der Waals surface area contributed by atoms with Crippen LogP contribution < -0.4 is 5.32 Å². The molecule has 0 spiro atoms. The van der Waals surface area contributed by atoms with E-state index in [4.69, 9.17) is 28.2 Å². The molecule has 0 fully saturated rings. The molecule has 222 valence electrons. The summed E-state index contributed by atoms with van der Waals surface area (Å²) in [4.78, 5) is 45.0. The summed E-state index contributed by atoms with van der Waals surface area (Å²) in [5.74, 6) is -0.834. The van der Waals surface area contributed by atoms with Crippen molar-refractivity contribution in [3.8, 4) is 0 Å². The van der Waals surface area contributed by atoms with Gasteiger partial charge in [-0.25, -0.2) is 0 Å². The second-order valence-corrected chi connectivity index (χ2v) is 12.4. The van der Waals surface area contributed by atoms with Gasteiger partial charge in [0.25, 0.3) is 11.8 Å². The summed E-state index contributed by atoms with van der Waals surface area (Å²) in [5, 5.41) is 3.62. The first-order chi connectivity index (χ1) is 19.3. The van der Waals surface area contributed by atoms with Crippen molar-refractivity contribution >= 4 is 46.7 Å². The fraction of sp³-hybridized carbons (Fsp3) is 0.500. The van der Waals surface area contributed by atoms with Crippen LogP contribution in [0.3, 0.4) is 0 Å². The van der Waals surface area contributed by atoms with Crippen LogP contribution in [0.2, 0.25) is 10.0 Å². The monoisotopic (exact) mass is 601 g/mol. The predicted octanol–water partition coefficient (Wildman–Crippen LogP) is 7.39. The Morgan fingerprint density at radius 2 is 1.73 bits per heavy atom. The van der Waals surface area contributed by atoms with Crippen molar-refractivity contribution in [2.75, 3.05) is 13.7 Å². The first kappa shape index (κ1) is 32.6. The van der Waals surface area contributed by atoms with Gasteiger partial charge in [-0.1, -0.05) is 69.5 Å². The van der Waals surface area contributed by atoms with Crippen molar-refractivity contribution in [3.05, 3.63) is 69.2 Å². The lowest BCUT2D eigenvalue weighted by Gasteiger charge is -2.40. The Morgan fingerprint density at radius 3 is 2.29 bits per heavy atom. The van der Waals surface area contributed by atoms with Crippen LogP contribution in [0.25, 0.3) is 0 Å². The second-order valence-electron chi connectivity index (χ2n) is 11.5. The molecule has 1 aliphatic rings. The van der Waals surface area contributed by atoms with Gasteiger partial charge in [-0.3, -0.25) is 19.4 Å². The number of hydrogen-bond acceptors (Lipinski definition) is 5. The predicted molar refractivity (Wildman–Crippen MR) is 165 cm³/mol. The summed E-state index contributed by atoms with van der Waals surface area (Å²) in [6.45, 7) is 11.0. The van der Waals surface area contributed by atoms with Crippen LogP contribution >= 0.6 is 23.2 Å². The third-order valence-electron chi connectivity index (χ3n) is 7.99. The number of hydrogen-bond donors (Lipinski definition) is 1. The maximum absolute atomic E-state index is 14.1. The highest BCUT2D eigenvalue weighted by Gasteiger charge is 2.47. The Labute approximate surface area is 253 Å². The molecule has 0 saturated carbocycles. The fourth-order valence-corrected chi connectivity index (χ4v) is 5.72. The zero-order valence-electron chi connectivity index (χ0n) is 24.9. The van der Waals surface area contributed by atoms with Crippen LogP contribution in [0.1, 0.15) is 101 Å². The zero-order chi connectivity index (χ0) is 30.4. The number of nitrogens with zero attached hydrogens (tertiary/aromatic N) is 2. The molecule has 1 heterocycles. The summed E-state index contributed by atoms with van der Waals surface area (Å²) >= 11 is 12.6. The third kappa shape index (κ3) is 8.10. The molecule has 0 bridgehead atoms. The molecular weight excluding hydrogens is 561 g/mol. The Morgan fingerprint density at radius 1 is 1.10 bits per heavy atom. The van der Waals surface area contributed by atoms with Crippen molar-refractivity contribution < 1.29 is 19.1 Å². The second kappa shape index (κ2) is 13.8. The number of nitrogens with one attached hydrogen (secondary N) is 1. The van der Waals surface area contributed by atoms with Crippen molar-refractivity contribution in [3.63, 3.8) is 0 Å². The number of carbonyl (C=O) groups excluding carboxylic acids is 3. The Balaban J connectivity index is 1.91. The molecule has 1 N–H and O–H groups in total. The lowest BCUT2D eigenvalue weighted by atomic mass is 9.83. The summed E-state index contributed by atoms with van der Waals surface area (Å²) < 4.78 is 4.62. The molecule has 2 amide bonds. The van der Waals surface area contributed by atoms with Crippen LogP contribution in [-0.2, 0) is 14.3 Å². The Hall–Kier alpha value is -2.90. The number of rotatable bonds is 13. The molecule has 41 heavy (non-hydrogen) atoms. The molecule has 2 unspecified atom stereocenters. The molecular formula is C32H41Cl2N3O4. The molecule has 2 atom stereocenters.